The second-order valence-electron chi connectivity index (χ2n) is 49.9. The Morgan fingerprint density at radius 1 is 0.184 bits per heavy atom. The molecule has 0 aromatic carbocycles. The summed E-state index contributed by atoms with van der Waals surface area (Å²) in [5, 5.41) is 0. The molecule has 2 heteroatoms. The van der Waals surface area contributed by atoms with Gasteiger partial charge in [0.1, 0.15) is 0 Å². The van der Waals surface area contributed by atoms with Gasteiger partial charge < -0.3 is 9.47 Å². The van der Waals surface area contributed by atoms with Crippen LogP contribution in [0.3, 0.4) is 0 Å². The first-order valence-corrected chi connectivity index (χ1v) is 51.0. The van der Waals surface area contributed by atoms with E-state index in [4.69, 9.17) is 9.47 Å². The zero-order valence-corrected chi connectivity index (χ0v) is 90.7. The predicted octanol–water partition coefficient (Wildman–Crippen LogP) is 40.5. The third kappa shape index (κ3) is 106. The van der Waals surface area contributed by atoms with Gasteiger partial charge in [0.25, 0.3) is 0 Å². The zero-order chi connectivity index (χ0) is 91.3. The Labute approximate surface area is 733 Å². The van der Waals surface area contributed by atoms with Gasteiger partial charge >= 0.3 is 0 Å². The van der Waals surface area contributed by atoms with E-state index in [1.54, 1.807) is 0 Å². The highest BCUT2D eigenvalue weighted by Gasteiger charge is 2.26. The summed E-state index contributed by atoms with van der Waals surface area (Å²) >= 11 is 0. The molecule has 114 heavy (non-hydrogen) atoms. The molecule has 0 heterocycles. The molecule has 0 radical (unpaired) electrons. The summed E-state index contributed by atoms with van der Waals surface area (Å²) in [7, 11) is 0. The van der Waals surface area contributed by atoms with Crippen LogP contribution < -0.4 is 0 Å². The number of hydrogen-bond acceptors (Lipinski definition) is 2. The second kappa shape index (κ2) is 72.2. The van der Waals surface area contributed by atoms with Gasteiger partial charge in [-0.15, -0.1) is 0 Å². The maximum atomic E-state index is 6.06. The average Bonchev–Trinajstić information content (AvgIpc) is 0.957. The van der Waals surface area contributed by atoms with Crippen LogP contribution >= 0.6 is 0 Å². The molecule has 0 fully saturated rings. The van der Waals surface area contributed by atoms with E-state index >= 15 is 0 Å². The van der Waals surface area contributed by atoms with Crippen LogP contribution in [0.4, 0.5) is 0 Å². The van der Waals surface area contributed by atoms with Crippen LogP contribution in [0.5, 0.6) is 0 Å². The molecule has 2 nitrogen and oxygen atoms in total. The summed E-state index contributed by atoms with van der Waals surface area (Å²) in [5.41, 5.74) is 3.83. The molecule has 0 aliphatic carbocycles. The zero-order valence-electron chi connectivity index (χ0n) is 90.7. The smallest absolute Gasteiger partial charge is 0.0813 e. The van der Waals surface area contributed by atoms with Gasteiger partial charge in [-0.1, -0.05) is 500 Å². The largest absolute Gasteiger partial charge is 0.378 e. The topological polar surface area (TPSA) is 18.5 Å². The molecule has 0 aromatic rings. The number of ether oxygens (including phenoxy) is 2. The van der Waals surface area contributed by atoms with Crippen LogP contribution in [0.15, 0.2) is 0 Å². The fourth-order valence-corrected chi connectivity index (χ4v) is 15.7. The number of hydrogen-bond donors (Lipinski definition) is 0. The molecule has 18 atom stereocenters. The van der Waals surface area contributed by atoms with E-state index in [0.717, 1.165) is 115 Å². The molecular weight excluding hydrogens is 1380 g/mol. The predicted molar refractivity (Wildman–Crippen MR) is 535 cm³/mol. The molecule has 0 aromatic heterocycles. The Kier molecular flexibility index (Phi) is 82.1. The molecule has 0 saturated heterocycles. The van der Waals surface area contributed by atoms with Crippen molar-refractivity contribution < 1.29 is 9.47 Å². The van der Waals surface area contributed by atoms with Crippen molar-refractivity contribution in [2.45, 2.75) is 564 Å². The first kappa shape index (κ1) is 129. The Morgan fingerprint density at radius 3 is 0.658 bits per heavy atom. The molecule has 0 amide bonds. The molecule has 0 N–H and O–H groups in total. The first-order valence-electron chi connectivity index (χ1n) is 51.0. The maximum Gasteiger partial charge on any atom is 0.0813 e. The Hall–Kier alpha value is -0.0800. The van der Waals surface area contributed by atoms with Gasteiger partial charge in [0.05, 0.1) is 12.7 Å². The van der Waals surface area contributed by atoms with Crippen molar-refractivity contribution in [3.8, 4) is 0 Å². The molecule has 18 unspecified atom stereocenters. The highest BCUT2D eigenvalue weighted by molar-refractivity contribution is 4.77. The van der Waals surface area contributed by atoms with Crippen molar-refractivity contribution in [2.24, 2.45) is 144 Å². The maximum absolute atomic E-state index is 6.06. The Bertz CT molecular complexity index is 1780. The van der Waals surface area contributed by atoms with Gasteiger partial charge in [-0.2, -0.15) is 0 Å². The van der Waals surface area contributed by atoms with Crippen molar-refractivity contribution in [3.05, 3.63) is 0 Å². The fraction of sp³-hybridized carbons (Fsp3) is 1.00. The van der Waals surface area contributed by atoms with Gasteiger partial charge in [0.2, 0.25) is 0 Å². The van der Waals surface area contributed by atoms with Gasteiger partial charge in [-0.3, -0.25) is 0 Å². The molecular formula is C112H240O2. The molecule has 700 valence electrons. The standard InChI is InChI=1S/2C19H40.C17H36O2.C17H36.2C11H24.2C9H20/c2*1-8-16(3)11-10-12-18(15-19(5,6)7)14-13-17(4)9-2;1-8-14(3)11-18-13-16(10-17(5,6)7)19-12-15(4)9-2;1-8-14(3)10-11-16(12-15(4)9-2)13-17(5,6)7;2*1-7-9(2)10(3)8-11(4,5)6;2*1-6-8(2)7-9(3,4)5/h2*16-18H,8-15H2,1-7H3;14-16H,8-13H2,1-7H3;14-16H,8-13H2,1-7H3;2*9-10H,7-8H2,1-6H3;2*8H,6-7H2,1-5H3. The average molecular weight is 1620 g/mol. The van der Waals surface area contributed by atoms with Crippen LogP contribution in [0.2, 0.25) is 0 Å². The van der Waals surface area contributed by atoms with Crippen LogP contribution in [0.25, 0.3) is 0 Å². The van der Waals surface area contributed by atoms with Gasteiger partial charge in [0.15, 0.2) is 0 Å². The fourth-order valence-electron chi connectivity index (χ4n) is 15.7. The van der Waals surface area contributed by atoms with E-state index in [-0.39, 0.29) is 6.10 Å². The Morgan fingerprint density at radius 2 is 0.421 bits per heavy atom. The summed E-state index contributed by atoms with van der Waals surface area (Å²) in [4.78, 5) is 0. The first-order chi connectivity index (χ1) is 51.8. The van der Waals surface area contributed by atoms with Gasteiger partial charge in [-0.25, -0.2) is 0 Å². The van der Waals surface area contributed by atoms with E-state index in [0.29, 0.717) is 55.2 Å². The van der Waals surface area contributed by atoms with Crippen molar-refractivity contribution in [3.63, 3.8) is 0 Å². The third-order valence-electron chi connectivity index (χ3n) is 25.4. The minimum Gasteiger partial charge on any atom is -0.378 e. The van der Waals surface area contributed by atoms with Crippen LogP contribution in [0, 0.1) is 144 Å². The van der Waals surface area contributed by atoms with E-state index in [9.17, 15) is 0 Å². The number of rotatable bonds is 48. The van der Waals surface area contributed by atoms with E-state index in [1.807, 2.05) is 0 Å². The van der Waals surface area contributed by atoms with Crippen molar-refractivity contribution in [1.82, 2.24) is 0 Å². The van der Waals surface area contributed by atoms with Crippen LogP contribution in [-0.4, -0.2) is 25.9 Å². The van der Waals surface area contributed by atoms with Crippen LogP contribution in [0.1, 0.15) is 558 Å². The minimum atomic E-state index is 0.234. The summed E-state index contributed by atoms with van der Waals surface area (Å²) < 4.78 is 11.9. The molecule has 0 aliphatic rings. The normalized spacial score (nSPS) is 17.2. The monoisotopic (exact) mass is 1620 g/mol. The SMILES string of the molecule is CCC(C)C(C)CC(C)(C)C.CCC(C)C(C)CC(C)(C)C.CCC(C)CC(C)(C)C.CCC(C)CC(C)(C)C.CCC(C)CCC(CC(C)CC)CC(C)(C)C.CCC(C)CCCC(CCC(C)CC)CC(C)(C)C.CCC(C)CCCC(CCC(C)CC)CC(C)(C)C.CCC(C)COCC(CC(C)(C)C)OCC(C)CC. The molecule has 0 aliphatic heterocycles. The minimum absolute atomic E-state index is 0.234. The van der Waals surface area contributed by atoms with Crippen molar-refractivity contribution >= 4 is 0 Å². The lowest BCUT2D eigenvalue weighted by atomic mass is 9.77. The van der Waals surface area contributed by atoms with Crippen LogP contribution in [-0.2, 0) is 9.47 Å². The lowest BCUT2D eigenvalue weighted by Gasteiger charge is -2.28. The van der Waals surface area contributed by atoms with E-state index in [2.05, 4.69) is 346 Å². The molecule has 0 bridgehead atoms. The summed E-state index contributed by atoms with van der Waals surface area (Å²) in [6, 6.07) is 0. The lowest BCUT2D eigenvalue weighted by Crippen LogP contribution is -2.28. The highest BCUT2D eigenvalue weighted by Crippen LogP contribution is 2.38. The molecule has 0 spiro atoms. The Balaban J connectivity index is -0.000000191. The lowest BCUT2D eigenvalue weighted by molar-refractivity contribution is -0.0499. The van der Waals surface area contributed by atoms with Gasteiger partial charge in [-0.05, 0) is 202 Å². The summed E-state index contributed by atoms with van der Waals surface area (Å²) in [5.74, 6) is 14.9. The third-order valence-corrected chi connectivity index (χ3v) is 25.4. The van der Waals surface area contributed by atoms with Crippen molar-refractivity contribution in [1.29, 1.82) is 0 Å². The van der Waals surface area contributed by atoms with E-state index in [1.165, 1.54) is 205 Å². The van der Waals surface area contributed by atoms with Crippen molar-refractivity contribution in [2.75, 3.05) is 19.8 Å². The molecule has 0 saturated carbocycles. The van der Waals surface area contributed by atoms with E-state index < -0.39 is 0 Å². The summed E-state index contributed by atoms with van der Waals surface area (Å²) in [6.45, 7) is 119. The summed E-state index contributed by atoms with van der Waals surface area (Å²) in [6.07, 6.45) is 45.3. The second-order valence-corrected chi connectivity index (χ2v) is 49.9. The molecule has 0 rings (SSSR count). The van der Waals surface area contributed by atoms with Gasteiger partial charge in [0, 0.05) is 13.2 Å². The quantitative estimate of drug-likeness (QED) is 0.0604. The highest BCUT2D eigenvalue weighted by atomic mass is 16.5.